The van der Waals surface area contributed by atoms with Gasteiger partial charge in [-0.05, 0) is 0 Å². The van der Waals surface area contributed by atoms with E-state index in [1.54, 1.807) is 0 Å². The molecule has 0 aliphatic heterocycles. The largest absolute Gasteiger partial charge is 0.431 e. The van der Waals surface area contributed by atoms with Gasteiger partial charge in [-0.1, -0.05) is 15.9 Å². The summed E-state index contributed by atoms with van der Waals surface area (Å²) in [6, 6.07) is 0. The first-order chi connectivity index (χ1) is 5.92. The van der Waals surface area contributed by atoms with Crippen LogP contribution < -0.4 is 0 Å². The van der Waals surface area contributed by atoms with Crippen LogP contribution in [0.4, 0.5) is 30.7 Å². The minimum Gasteiger partial charge on any atom is -0.223 e. The van der Waals surface area contributed by atoms with E-state index in [0.717, 1.165) is 0 Å². The molecule has 0 N–H and O–H groups in total. The standard InChI is InChI=1S/C5H3BrClF7/c6-2(7)1-3(8,4(9,10)11)5(12,13)14/h2H,1H2. The molecule has 0 rings (SSSR count). The molecule has 0 nitrogen and oxygen atoms in total. The predicted octanol–water partition coefficient (Wildman–Crippen LogP) is 4.17. The van der Waals surface area contributed by atoms with Crippen molar-refractivity contribution in [2.75, 3.05) is 0 Å². The summed E-state index contributed by atoms with van der Waals surface area (Å²) in [4.78, 5) is 0. The first kappa shape index (κ1) is 14.3. The van der Waals surface area contributed by atoms with Gasteiger partial charge in [0.15, 0.2) is 0 Å². The first-order valence-corrected chi connectivity index (χ1v) is 4.37. The van der Waals surface area contributed by atoms with Crippen LogP contribution in [-0.2, 0) is 0 Å². The molecule has 0 radical (unpaired) electrons. The quantitative estimate of drug-likeness (QED) is 0.530. The van der Waals surface area contributed by atoms with Crippen LogP contribution in [0.2, 0.25) is 0 Å². The highest BCUT2D eigenvalue weighted by Gasteiger charge is 2.72. The van der Waals surface area contributed by atoms with Gasteiger partial charge in [0, 0.05) is 6.42 Å². The minimum absolute atomic E-state index is 1.75. The molecule has 0 aliphatic rings. The molecule has 0 aromatic heterocycles. The first-order valence-electron chi connectivity index (χ1n) is 3.02. The lowest BCUT2D eigenvalue weighted by molar-refractivity contribution is -0.342. The van der Waals surface area contributed by atoms with Gasteiger partial charge >= 0.3 is 18.0 Å². The van der Waals surface area contributed by atoms with Crippen LogP contribution in [0.3, 0.4) is 0 Å². The highest BCUT2D eigenvalue weighted by molar-refractivity contribution is 9.10. The minimum atomic E-state index is -6.04. The molecule has 1 atom stereocenters. The molecule has 1 unspecified atom stereocenters. The van der Waals surface area contributed by atoms with Crippen molar-refractivity contribution in [2.45, 2.75) is 28.7 Å². The molecular formula is C5H3BrClF7. The molecule has 0 heterocycles. The Kier molecular flexibility index (Phi) is 4.11. The summed E-state index contributed by atoms with van der Waals surface area (Å²) in [7, 11) is 0. The fraction of sp³-hybridized carbons (Fsp3) is 1.00. The van der Waals surface area contributed by atoms with Crippen LogP contribution in [0, 0.1) is 0 Å². The molecule has 0 aromatic carbocycles. The molecule has 0 aromatic rings. The van der Waals surface area contributed by atoms with Crippen molar-refractivity contribution in [2.24, 2.45) is 0 Å². The average Bonchev–Trinajstić information content (AvgIpc) is 1.79. The van der Waals surface area contributed by atoms with Crippen LogP contribution in [0.5, 0.6) is 0 Å². The number of hydrogen-bond donors (Lipinski definition) is 0. The topological polar surface area (TPSA) is 0 Å². The van der Waals surface area contributed by atoms with E-state index in [-0.39, 0.29) is 0 Å². The van der Waals surface area contributed by atoms with E-state index in [0.29, 0.717) is 0 Å². The highest BCUT2D eigenvalue weighted by Crippen LogP contribution is 2.49. The molecule has 0 saturated carbocycles. The molecule has 0 fully saturated rings. The number of alkyl halides is 9. The van der Waals surface area contributed by atoms with Crippen molar-refractivity contribution >= 4 is 27.5 Å². The smallest absolute Gasteiger partial charge is 0.223 e. The normalized spacial score (nSPS) is 16.9. The summed E-state index contributed by atoms with van der Waals surface area (Å²) in [5.41, 5.74) is -5.28. The van der Waals surface area contributed by atoms with E-state index < -0.39 is 28.7 Å². The second kappa shape index (κ2) is 4.03. The Balaban J connectivity index is 5.07. The predicted molar refractivity (Wildman–Crippen MR) is 39.1 cm³/mol. The second-order valence-electron chi connectivity index (χ2n) is 2.39. The highest BCUT2D eigenvalue weighted by atomic mass is 79.9. The molecule has 0 aliphatic carbocycles. The number of hydrogen-bond acceptors (Lipinski definition) is 0. The van der Waals surface area contributed by atoms with Gasteiger partial charge in [0.1, 0.15) is 0 Å². The van der Waals surface area contributed by atoms with E-state index in [4.69, 9.17) is 11.6 Å². The van der Waals surface area contributed by atoms with Gasteiger partial charge in [-0.3, -0.25) is 0 Å². The molecule has 9 heteroatoms. The molecule has 86 valence electrons. The van der Waals surface area contributed by atoms with Crippen molar-refractivity contribution in [1.29, 1.82) is 0 Å². The van der Waals surface area contributed by atoms with Crippen molar-refractivity contribution < 1.29 is 30.7 Å². The third-order valence-electron chi connectivity index (χ3n) is 1.33. The Bertz CT molecular complexity index is 181. The Hall–Kier alpha value is 0.280. The zero-order chi connectivity index (χ0) is 11.8. The van der Waals surface area contributed by atoms with Crippen LogP contribution in [0.1, 0.15) is 6.42 Å². The maximum absolute atomic E-state index is 12.7. The Labute approximate surface area is 87.5 Å². The summed E-state index contributed by atoms with van der Waals surface area (Å²) in [6.07, 6.45) is -14.0. The van der Waals surface area contributed by atoms with Crippen molar-refractivity contribution in [3.05, 3.63) is 0 Å². The lowest BCUT2D eigenvalue weighted by Gasteiger charge is -2.30. The zero-order valence-corrected chi connectivity index (χ0v) is 8.53. The molecule has 0 amide bonds. The zero-order valence-electron chi connectivity index (χ0n) is 6.19. The number of rotatable bonds is 2. The summed E-state index contributed by atoms with van der Waals surface area (Å²) >= 11 is 7.07. The Morgan fingerprint density at radius 2 is 1.21 bits per heavy atom. The maximum Gasteiger partial charge on any atom is 0.431 e. The van der Waals surface area contributed by atoms with E-state index in [1.807, 2.05) is 0 Å². The molecule has 14 heavy (non-hydrogen) atoms. The average molecular weight is 311 g/mol. The SMILES string of the molecule is FC(F)(F)C(F)(CC(Cl)Br)C(F)(F)F. The number of halogens is 9. The summed E-state index contributed by atoms with van der Waals surface area (Å²) in [5, 5.41) is 0. The van der Waals surface area contributed by atoms with Gasteiger partial charge in [-0.15, -0.1) is 11.6 Å². The molecule has 0 saturated heterocycles. The third-order valence-corrected chi connectivity index (χ3v) is 1.81. The van der Waals surface area contributed by atoms with Crippen molar-refractivity contribution in [1.82, 2.24) is 0 Å². The van der Waals surface area contributed by atoms with E-state index in [1.165, 1.54) is 0 Å². The second-order valence-corrected chi connectivity index (χ2v) is 4.55. The van der Waals surface area contributed by atoms with Crippen molar-refractivity contribution in [3.63, 3.8) is 0 Å². The van der Waals surface area contributed by atoms with Crippen molar-refractivity contribution in [3.8, 4) is 0 Å². The van der Waals surface area contributed by atoms with Gasteiger partial charge in [0.2, 0.25) is 0 Å². The lowest BCUT2D eigenvalue weighted by atomic mass is 10.0. The van der Waals surface area contributed by atoms with Gasteiger partial charge < -0.3 is 0 Å². The monoisotopic (exact) mass is 310 g/mol. The van der Waals surface area contributed by atoms with Crippen LogP contribution in [0.25, 0.3) is 0 Å². The van der Waals surface area contributed by atoms with Gasteiger partial charge in [-0.2, -0.15) is 26.3 Å². The fourth-order valence-electron chi connectivity index (χ4n) is 0.605. The van der Waals surface area contributed by atoms with E-state index in [2.05, 4.69) is 15.9 Å². The third kappa shape index (κ3) is 2.88. The van der Waals surface area contributed by atoms with Crippen LogP contribution >= 0.6 is 27.5 Å². The Morgan fingerprint density at radius 1 is 0.929 bits per heavy atom. The van der Waals surface area contributed by atoms with Gasteiger partial charge in [-0.25, -0.2) is 4.39 Å². The maximum atomic E-state index is 12.7. The summed E-state index contributed by atoms with van der Waals surface area (Å²) < 4.78 is 81.7. The van der Waals surface area contributed by atoms with E-state index in [9.17, 15) is 30.7 Å². The van der Waals surface area contributed by atoms with Crippen LogP contribution in [0.15, 0.2) is 0 Å². The van der Waals surface area contributed by atoms with E-state index >= 15 is 0 Å². The molecule has 0 bridgehead atoms. The summed E-state index contributed by atoms with van der Waals surface area (Å²) in [5.74, 6) is 0. The fourth-order valence-corrected chi connectivity index (χ4v) is 1.26. The lowest BCUT2D eigenvalue weighted by Crippen LogP contribution is -2.54. The van der Waals surface area contributed by atoms with Crippen LogP contribution in [-0.4, -0.2) is 22.3 Å². The van der Waals surface area contributed by atoms with Gasteiger partial charge in [0.05, 0.1) is 4.29 Å². The molecular weight excluding hydrogens is 308 g/mol. The molecule has 0 spiro atoms. The van der Waals surface area contributed by atoms with Gasteiger partial charge in [0.25, 0.3) is 0 Å². The summed E-state index contributed by atoms with van der Waals surface area (Å²) in [6.45, 7) is 0. The Morgan fingerprint density at radius 3 is 1.29 bits per heavy atom.